The normalized spacial score (nSPS) is 14.5. The lowest BCUT2D eigenvalue weighted by Crippen LogP contribution is -2.57. The van der Waals surface area contributed by atoms with Gasteiger partial charge in [-0.1, -0.05) is 64.4 Å². The molecule has 0 saturated carbocycles. The molecule has 0 heterocycles. The average Bonchev–Trinajstić information content (AvgIpc) is 2.82. The highest BCUT2D eigenvalue weighted by atomic mass is 16.4. The van der Waals surface area contributed by atoms with E-state index in [1.165, 1.54) is 0 Å². The molecule has 37 heavy (non-hydrogen) atoms. The van der Waals surface area contributed by atoms with Crippen LogP contribution in [-0.4, -0.2) is 59.5 Å². The molecule has 1 rings (SSSR count). The van der Waals surface area contributed by atoms with E-state index in [0.29, 0.717) is 32.2 Å². The van der Waals surface area contributed by atoms with Gasteiger partial charge in [-0.05, 0) is 49.6 Å². The lowest BCUT2D eigenvalue weighted by atomic mass is 9.99. The van der Waals surface area contributed by atoms with Crippen LogP contribution in [0.25, 0.3) is 0 Å². The highest BCUT2D eigenvalue weighted by Crippen LogP contribution is 2.11. The zero-order valence-corrected chi connectivity index (χ0v) is 22.5. The third-order valence-electron chi connectivity index (χ3n) is 5.88. The highest BCUT2D eigenvalue weighted by Gasteiger charge is 2.31. The van der Waals surface area contributed by atoms with Crippen LogP contribution in [0.1, 0.15) is 65.4 Å². The monoisotopic (exact) mass is 519 g/mol. The Morgan fingerprint density at radius 3 is 1.73 bits per heavy atom. The first-order chi connectivity index (χ1) is 17.4. The molecule has 1 aromatic carbocycles. The summed E-state index contributed by atoms with van der Waals surface area (Å²) in [6.07, 6.45) is 2.68. The van der Waals surface area contributed by atoms with Crippen molar-refractivity contribution in [1.82, 2.24) is 16.0 Å². The summed E-state index contributed by atoms with van der Waals surface area (Å²) >= 11 is 0. The van der Waals surface area contributed by atoms with E-state index in [9.17, 15) is 24.3 Å². The van der Waals surface area contributed by atoms with E-state index in [1.807, 2.05) is 33.8 Å². The molecule has 3 amide bonds. The van der Waals surface area contributed by atoms with Crippen molar-refractivity contribution in [3.05, 3.63) is 35.9 Å². The number of hydrogen-bond acceptors (Lipinski definition) is 6. The van der Waals surface area contributed by atoms with Gasteiger partial charge in [0.2, 0.25) is 17.7 Å². The summed E-state index contributed by atoms with van der Waals surface area (Å²) in [5.41, 5.74) is 12.3. The van der Waals surface area contributed by atoms with Gasteiger partial charge in [0, 0.05) is 6.42 Å². The number of carbonyl (C=O) groups is 4. The van der Waals surface area contributed by atoms with E-state index in [2.05, 4.69) is 16.0 Å². The third kappa shape index (κ3) is 12.7. The number of amides is 3. The van der Waals surface area contributed by atoms with Crippen LogP contribution < -0.4 is 27.4 Å². The standard InChI is InChI=1S/C27H45N5O5/c1-17(2)14-21(30-24(33)20(29)12-8-9-13-28)25(34)31-22(15-18(3)4)26(35)32-23(27(36)37)16-19-10-6-5-7-11-19/h5-7,10-11,17-18,20-23H,8-9,12-16,28-29H2,1-4H3,(H,30,33)(H,31,34)(H,32,35)(H,36,37). The first kappa shape index (κ1) is 32.0. The van der Waals surface area contributed by atoms with Crippen molar-refractivity contribution < 1.29 is 24.3 Å². The van der Waals surface area contributed by atoms with Crippen molar-refractivity contribution in [3.63, 3.8) is 0 Å². The number of nitrogens with two attached hydrogens (primary N) is 2. The molecule has 0 spiro atoms. The zero-order chi connectivity index (χ0) is 28.0. The molecule has 0 saturated heterocycles. The van der Waals surface area contributed by atoms with Gasteiger partial charge in [0.15, 0.2) is 0 Å². The zero-order valence-electron chi connectivity index (χ0n) is 22.5. The van der Waals surface area contributed by atoms with Crippen molar-refractivity contribution in [3.8, 4) is 0 Å². The molecule has 4 unspecified atom stereocenters. The summed E-state index contributed by atoms with van der Waals surface area (Å²) in [4.78, 5) is 50.8. The van der Waals surface area contributed by atoms with Gasteiger partial charge in [0.1, 0.15) is 18.1 Å². The maximum absolute atomic E-state index is 13.2. The summed E-state index contributed by atoms with van der Waals surface area (Å²) < 4.78 is 0. The molecule has 0 radical (unpaired) electrons. The highest BCUT2D eigenvalue weighted by molar-refractivity contribution is 5.94. The topological polar surface area (TPSA) is 177 Å². The van der Waals surface area contributed by atoms with Crippen LogP contribution in [0.2, 0.25) is 0 Å². The van der Waals surface area contributed by atoms with Gasteiger partial charge in [0.05, 0.1) is 6.04 Å². The largest absolute Gasteiger partial charge is 0.480 e. The Hall–Kier alpha value is -2.98. The van der Waals surface area contributed by atoms with E-state index in [4.69, 9.17) is 11.5 Å². The summed E-state index contributed by atoms with van der Waals surface area (Å²) in [5, 5.41) is 17.7. The number of nitrogens with one attached hydrogen (secondary N) is 3. The van der Waals surface area contributed by atoms with Crippen LogP contribution in [0.5, 0.6) is 0 Å². The smallest absolute Gasteiger partial charge is 0.326 e. The molecule has 0 fully saturated rings. The van der Waals surface area contributed by atoms with Gasteiger partial charge >= 0.3 is 5.97 Å². The van der Waals surface area contributed by atoms with Crippen LogP contribution in [0.15, 0.2) is 30.3 Å². The second kappa shape index (κ2) is 16.7. The molecule has 0 aliphatic carbocycles. The average molecular weight is 520 g/mol. The van der Waals surface area contributed by atoms with Gasteiger partial charge in [-0.15, -0.1) is 0 Å². The van der Waals surface area contributed by atoms with E-state index in [-0.39, 0.29) is 18.3 Å². The predicted octanol–water partition coefficient (Wildman–Crippen LogP) is 1.32. The lowest BCUT2D eigenvalue weighted by Gasteiger charge is -2.27. The molecule has 4 atom stereocenters. The number of carbonyl (C=O) groups excluding carboxylic acids is 3. The minimum atomic E-state index is -1.17. The van der Waals surface area contributed by atoms with E-state index in [0.717, 1.165) is 12.0 Å². The van der Waals surface area contributed by atoms with Crippen LogP contribution in [0, 0.1) is 11.8 Å². The fourth-order valence-electron chi connectivity index (χ4n) is 3.92. The van der Waals surface area contributed by atoms with Crippen molar-refractivity contribution in [2.24, 2.45) is 23.3 Å². The molecule has 208 valence electrons. The second-order valence-electron chi connectivity index (χ2n) is 10.4. The van der Waals surface area contributed by atoms with Crippen LogP contribution in [-0.2, 0) is 25.6 Å². The van der Waals surface area contributed by atoms with Crippen molar-refractivity contribution in [2.75, 3.05) is 6.54 Å². The molecular weight excluding hydrogens is 474 g/mol. The fraction of sp³-hybridized carbons (Fsp3) is 0.630. The fourth-order valence-corrected chi connectivity index (χ4v) is 3.92. The maximum Gasteiger partial charge on any atom is 0.326 e. The summed E-state index contributed by atoms with van der Waals surface area (Å²) in [6.45, 7) is 8.16. The van der Waals surface area contributed by atoms with E-state index < -0.39 is 47.9 Å². The van der Waals surface area contributed by atoms with Crippen LogP contribution in [0.3, 0.4) is 0 Å². The summed E-state index contributed by atoms with van der Waals surface area (Å²) in [7, 11) is 0. The molecule has 1 aromatic rings. The Morgan fingerprint density at radius 2 is 1.27 bits per heavy atom. The molecule has 0 aliphatic heterocycles. The summed E-state index contributed by atoms with van der Waals surface area (Å²) in [5.74, 6) is -2.56. The molecule has 8 N–H and O–H groups in total. The Morgan fingerprint density at radius 1 is 0.784 bits per heavy atom. The number of unbranched alkanes of at least 4 members (excludes halogenated alkanes) is 1. The molecule has 10 heteroatoms. The summed E-state index contributed by atoms with van der Waals surface area (Å²) in [6, 6.07) is 5.23. The Labute approximate surface area is 220 Å². The Balaban J connectivity index is 2.95. The van der Waals surface area contributed by atoms with Gasteiger partial charge in [-0.3, -0.25) is 14.4 Å². The maximum atomic E-state index is 13.2. The third-order valence-corrected chi connectivity index (χ3v) is 5.88. The number of carboxylic acids is 1. The SMILES string of the molecule is CC(C)CC(NC(=O)C(N)CCCCN)C(=O)NC(CC(C)C)C(=O)NC(Cc1ccccc1)C(=O)O. The van der Waals surface area contributed by atoms with Gasteiger partial charge < -0.3 is 32.5 Å². The molecule has 0 aromatic heterocycles. The van der Waals surface area contributed by atoms with E-state index >= 15 is 0 Å². The quantitative estimate of drug-likeness (QED) is 0.168. The van der Waals surface area contributed by atoms with Crippen molar-refractivity contribution in [2.45, 2.75) is 90.4 Å². The Kier molecular flexibility index (Phi) is 14.5. The number of carboxylic acid groups (broad SMARTS) is 1. The van der Waals surface area contributed by atoms with Crippen LogP contribution in [0.4, 0.5) is 0 Å². The molecule has 10 nitrogen and oxygen atoms in total. The molecule has 0 bridgehead atoms. The second-order valence-corrected chi connectivity index (χ2v) is 10.4. The number of benzene rings is 1. The Bertz CT molecular complexity index is 862. The lowest BCUT2D eigenvalue weighted by molar-refractivity contribution is -0.142. The number of rotatable bonds is 17. The van der Waals surface area contributed by atoms with E-state index in [1.54, 1.807) is 24.3 Å². The first-order valence-electron chi connectivity index (χ1n) is 13.1. The first-order valence-corrected chi connectivity index (χ1v) is 13.1. The minimum Gasteiger partial charge on any atom is -0.480 e. The van der Waals surface area contributed by atoms with Gasteiger partial charge in [-0.2, -0.15) is 0 Å². The number of aliphatic carboxylic acids is 1. The molecule has 0 aliphatic rings. The van der Waals surface area contributed by atoms with Gasteiger partial charge in [-0.25, -0.2) is 4.79 Å². The molecular formula is C27H45N5O5. The predicted molar refractivity (Wildman–Crippen MR) is 143 cm³/mol. The van der Waals surface area contributed by atoms with Crippen molar-refractivity contribution in [1.29, 1.82) is 0 Å². The number of hydrogen-bond donors (Lipinski definition) is 6. The van der Waals surface area contributed by atoms with Crippen molar-refractivity contribution >= 4 is 23.7 Å². The van der Waals surface area contributed by atoms with Crippen LogP contribution >= 0.6 is 0 Å². The minimum absolute atomic E-state index is 0.0440. The van der Waals surface area contributed by atoms with Gasteiger partial charge in [0.25, 0.3) is 0 Å².